The first kappa shape index (κ1) is 15.7. The van der Waals surface area contributed by atoms with E-state index in [-0.39, 0.29) is 0 Å². The third kappa shape index (κ3) is 5.00. The van der Waals surface area contributed by atoms with Gasteiger partial charge in [0, 0.05) is 21.5 Å². The van der Waals surface area contributed by atoms with Crippen molar-refractivity contribution in [1.82, 2.24) is 0 Å². The number of nitrogens with zero attached hydrogens (tertiary/aromatic N) is 2. The first-order valence-electron chi connectivity index (χ1n) is 6.61. The molecule has 0 spiro atoms. The summed E-state index contributed by atoms with van der Waals surface area (Å²) < 4.78 is 0. The summed E-state index contributed by atoms with van der Waals surface area (Å²) in [4.78, 5) is 0. The molecule has 0 saturated heterocycles. The maximum absolute atomic E-state index is 6.11. The van der Waals surface area contributed by atoms with Gasteiger partial charge in [-0.05, 0) is 43.4 Å². The van der Waals surface area contributed by atoms with Gasteiger partial charge in [-0.3, -0.25) is 0 Å². The highest BCUT2D eigenvalue weighted by Gasteiger charge is 2.07. The Balaban J connectivity index is 1.89. The van der Waals surface area contributed by atoms with E-state index in [9.17, 15) is 0 Å². The normalized spacial score (nSPS) is 16.3. The van der Waals surface area contributed by atoms with Crippen LogP contribution >= 0.6 is 35.0 Å². The summed E-state index contributed by atoms with van der Waals surface area (Å²) in [6.07, 6.45) is 5.81. The fourth-order valence-electron chi connectivity index (χ4n) is 2.00. The summed E-state index contributed by atoms with van der Waals surface area (Å²) in [5.41, 5.74) is 8.00. The van der Waals surface area contributed by atoms with Crippen molar-refractivity contribution in [3.05, 3.63) is 33.8 Å². The molecule has 1 fully saturated rings. The van der Waals surface area contributed by atoms with Gasteiger partial charge in [-0.2, -0.15) is 5.10 Å². The van der Waals surface area contributed by atoms with Crippen LogP contribution in [0, 0.1) is 0 Å². The molecule has 0 atom stereocenters. The molecule has 0 aliphatic heterocycles. The van der Waals surface area contributed by atoms with Gasteiger partial charge in [0.15, 0.2) is 5.17 Å². The fraction of sp³-hybridized carbons (Fsp3) is 0.429. The molecule has 0 heterocycles. The largest absolute Gasteiger partial charge is 0.377 e. The highest BCUT2D eigenvalue weighted by molar-refractivity contribution is 8.13. The zero-order chi connectivity index (χ0) is 14.4. The number of thioether (sulfide) groups is 1. The van der Waals surface area contributed by atoms with E-state index in [4.69, 9.17) is 28.9 Å². The summed E-state index contributed by atoms with van der Waals surface area (Å²) in [5, 5.41) is 10.1. The molecule has 2 rings (SSSR count). The molecular weight excluding hydrogens is 313 g/mol. The van der Waals surface area contributed by atoms with Crippen LogP contribution in [0.25, 0.3) is 0 Å². The topological polar surface area (TPSA) is 50.7 Å². The van der Waals surface area contributed by atoms with E-state index >= 15 is 0 Å². The van der Waals surface area contributed by atoms with Crippen LogP contribution < -0.4 is 5.73 Å². The van der Waals surface area contributed by atoms with Gasteiger partial charge in [0.2, 0.25) is 0 Å². The molecule has 0 bridgehead atoms. The van der Waals surface area contributed by atoms with Crippen molar-refractivity contribution in [1.29, 1.82) is 0 Å². The minimum Gasteiger partial charge on any atom is -0.377 e. The van der Waals surface area contributed by atoms with E-state index in [1.807, 2.05) is 12.1 Å². The summed E-state index contributed by atoms with van der Waals surface area (Å²) in [7, 11) is 0. The van der Waals surface area contributed by atoms with E-state index in [1.165, 1.54) is 31.0 Å². The third-order valence-electron chi connectivity index (χ3n) is 3.11. The minimum absolute atomic E-state index is 0.467. The zero-order valence-corrected chi connectivity index (χ0v) is 13.4. The number of rotatable bonds is 3. The molecule has 20 heavy (non-hydrogen) atoms. The van der Waals surface area contributed by atoms with Gasteiger partial charge in [0.25, 0.3) is 0 Å². The Kier molecular flexibility index (Phi) is 6.20. The molecule has 0 aromatic heterocycles. The number of benzene rings is 1. The molecule has 3 nitrogen and oxygen atoms in total. The van der Waals surface area contributed by atoms with Gasteiger partial charge in [-0.25, -0.2) is 0 Å². The van der Waals surface area contributed by atoms with Crippen LogP contribution in [-0.2, 0) is 5.75 Å². The maximum Gasteiger partial charge on any atom is 0.180 e. The van der Waals surface area contributed by atoms with Crippen LogP contribution in [-0.4, -0.2) is 10.9 Å². The number of hydrogen-bond donors (Lipinski definition) is 1. The minimum atomic E-state index is 0.467. The maximum atomic E-state index is 6.11. The molecule has 0 unspecified atom stereocenters. The van der Waals surface area contributed by atoms with Gasteiger partial charge < -0.3 is 5.73 Å². The Hall–Kier alpha value is -0.710. The van der Waals surface area contributed by atoms with Crippen molar-refractivity contribution in [2.24, 2.45) is 15.9 Å². The van der Waals surface area contributed by atoms with Gasteiger partial charge in [0.05, 0.1) is 0 Å². The fourth-order valence-corrected chi connectivity index (χ4v) is 3.21. The lowest BCUT2D eigenvalue weighted by Gasteiger charge is -2.10. The summed E-state index contributed by atoms with van der Waals surface area (Å²) in [6, 6.07) is 5.45. The van der Waals surface area contributed by atoms with Gasteiger partial charge in [0.1, 0.15) is 0 Å². The van der Waals surface area contributed by atoms with Crippen LogP contribution in [0.2, 0.25) is 10.0 Å². The lowest BCUT2D eigenvalue weighted by Crippen LogP contribution is -2.08. The van der Waals surface area contributed by atoms with Gasteiger partial charge in [-0.1, -0.05) is 47.5 Å². The molecule has 0 radical (unpaired) electrons. The molecule has 1 aromatic rings. The van der Waals surface area contributed by atoms with Crippen LogP contribution in [0.1, 0.15) is 37.7 Å². The van der Waals surface area contributed by atoms with Crippen molar-refractivity contribution in [2.75, 3.05) is 0 Å². The molecular formula is C14H17Cl2N3S. The lowest BCUT2D eigenvalue weighted by molar-refractivity contribution is 0.664. The van der Waals surface area contributed by atoms with E-state index < -0.39 is 0 Å². The summed E-state index contributed by atoms with van der Waals surface area (Å²) in [6.45, 7) is 0. The second-order valence-corrected chi connectivity index (χ2v) is 6.53. The number of hydrogen-bond acceptors (Lipinski definition) is 3. The highest BCUT2D eigenvalue weighted by Crippen LogP contribution is 2.24. The van der Waals surface area contributed by atoms with Gasteiger partial charge in [-0.15, -0.1) is 5.10 Å². The lowest BCUT2D eigenvalue weighted by atomic mass is 9.99. The molecule has 1 aliphatic rings. The standard InChI is InChI=1S/C14H17Cl2N3S/c15-11-7-6-10(13(16)8-11)9-20-14(17)19-18-12-4-2-1-3-5-12/h6-8H,1-5,9H2,(H2,17,19). The van der Waals surface area contributed by atoms with E-state index in [0.717, 1.165) is 24.1 Å². The van der Waals surface area contributed by atoms with Crippen LogP contribution in [0.5, 0.6) is 0 Å². The van der Waals surface area contributed by atoms with E-state index in [0.29, 0.717) is 21.0 Å². The highest BCUT2D eigenvalue weighted by atomic mass is 35.5. The van der Waals surface area contributed by atoms with Crippen molar-refractivity contribution in [3.63, 3.8) is 0 Å². The molecule has 1 aliphatic carbocycles. The molecule has 1 aromatic carbocycles. The first-order valence-corrected chi connectivity index (χ1v) is 8.35. The Morgan fingerprint density at radius 1 is 1.20 bits per heavy atom. The Labute approximate surface area is 133 Å². The van der Waals surface area contributed by atoms with Crippen molar-refractivity contribution in [3.8, 4) is 0 Å². The quantitative estimate of drug-likeness (QED) is 0.489. The monoisotopic (exact) mass is 329 g/mol. The van der Waals surface area contributed by atoms with Gasteiger partial charge >= 0.3 is 0 Å². The third-order valence-corrected chi connectivity index (χ3v) is 4.53. The molecule has 1 saturated carbocycles. The smallest absolute Gasteiger partial charge is 0.180 e. The average molecular weight is 330 g/mol. The van der Waals surface area contributed by atoms with Crippen LogP contribution in [0.4, 0.5) is 0 Å². The molecule has 6 heteroatoms. The van der Waals surface area contributed by atoms with E-state index in [2.05, 4.69) is 10.2 Å². The molecule has 108 valence electrons. The predicted octanol–water partition coefficient (Wildman–Crippen LogP) is 4.86. The zero-order valence-electron chi connectivity index (χ0n) is 11.1. The Morgan fingerprint density at radius 3 is 2.65 bits per heavy atom. The molecule has 0 amide bonds. The van der Waals surface area contributed by atoms with E-state index in [1.54, 1.807) is 6.07 Å². The summed E-state index contributed by atoms with van der Waals surface area (Å²) >= 11 is 13.4. The predicted molar refractivity (Wildman–Crippen MR) is 89.9 cm³/mol. The van der Waals surface area contributed by atoms with Crippen LogP contribution in [0.15, 0.2) is 28.4 Å². The number of amidine groups is 1. The van der Waals surface area contributed by atoms with Crippen molar-refractivity contribution < 1.29 is 0 Å². The number of nitrogens with two attached hydrogens (primary N) is 1. The van der Waals surface area contributed by atoms with Crippen LogP contribution in [0.3, 0.4) is 0 Å². The Morgan fingerprint density at radius 2 is 1.95 bits per heavy atom. The second-order valence-electron chi connectivity index (χ2n) is 4.69. The van der Waals surface area contributed by atoms with Crippen molar-refractivity contribution in [2.45, 2.75) is 37.9 Å². The summed E-state index contributed by atoms with van der Waals surface area (Å²) in [5.74, 6) is 0.663. The first-order chi connectivity index (χ1) is 9.65. The SMILES string of the molecule is N/C(=N\N=C1CCCCC1)SCc1ccc(Cl)cc1Cl. The average Bonchev–Trinajstić information content (AvgIpc) is 2.45. The number of halogens is 2. The second kappa shape index (κ2) is 7.91. The Bertz CT molecular complexity index is 521. The molecule has 2 N–H and O–H groups in total. The van der Waals surface area contributed by atoms with Crippen molar-refractivity contribution >= 4 is 45.8 Å².